The van der Waals surface area contributed by atoms with Gasteiger partial charge in [0.05, 0.1) is 26.4 Å². The molecule has 0 amide bonds. The molecule has 4 nitrogen and oxygen atoms in total. The van der Waals surface area contributed by atoms with E-state index in [9.17, 15) is 5.11 Å². The molecule has 1 fully saturated rings. The molecule has 23 heavy (non-hydrogen) atoms. The minimum Gasteiger partial charge on any atom is -0.497 e. The number of aliphatic hydroxyl groups is 1. The van der Waals surface area contributed by atoms with E-state index in [1.807, 2.05) is 30.3 Å². The molecule has 0 spiro atoms. The predicted molar refractivity (Wildman–Crippen MR) is 89.4 cm³/mol. The van der Waals surface area contributed by atoms with Crippen LogP contribution in [-0.4, -0.2) is 43.0 Å². The van der Waals surface area contributed by atoms with Gasteiger partial charge < -0.3 is 14.6 Å². The Morgan fingerprint density at radius 3 is 2.74 bits per heavy atom. The molecule has 3 rings (SSSR count). The van der Waals surface area contributed by atoms with Crippen LogP contribution < -0.4 is 4.74 Å². The molecular formula is C19H23NO3. The number of rotatable bonds is 5. The molecule has 0 radical (unpaired) electrons. The summed E-state index contributed by atoms with van der Waals surface area (Å²) >= 11 is 0. The molecule has 1 aliphatic rings. The highest BCUT2D eigenvalue weighted by atomic mass is 16.5. The zero-order chi connectivity index (χ0) is 16.1. The Hall–Kier alpha value is -1.88. The van der Waals surface area contributed by atoms with Crippen LogP contribution >= 0.6 is 0 Å². The Balaban J connectivity index is 1.85. The van der Waals surface area contributed by atoms with Crippen molar-refractivity contribution in [2.75, 3.05) is 26.9 Å². The van der Waals surface area contributed by atoms with Gasteiger partial charge in [0.15, 0.2) is 0 Å². The third-order valence-corrected chi connectivity index (χ3v) is 4.30. The van der Waals surface area contributed by atoms with E-state index in [1.165, 1.54) is 11.1 Å². The molecule has 0 bridgehead atoms. The molecule has 2 aromatic rings. The minimum absolute atomic E-state index is 0.0220. The number of nitrogens with zero attached hydrogens (tertiary/aromatic N) is 1. The van der Waals surface area contributed by atoms with Crippen LogP contribution in [0.2, 0.25) is 0 Å². The fraction of sp³-hybridized carbons (Fsp3) is 0.368. The standard InChI is InChI=1S/C19H23NO3/c1-22-17-9-5-6-15(12-17)13-20-10-11-23-18(14-21)19(20)16-7-3-2-4-8-16/h2-9,12,18-19,21H,10-11,13-14H2,1H3/t18-,19-/m1/s1. The van der Waals surface area contributed by atoms with E-state index in [0.717, 1.165) is 18.8 Å². The lowest BCUT2D eigenvalue weighted by molar-refractivity contribution is -0.0960. The fourth-order valence-corrected chi connectivity index (χ4v) is 3.20. The van der Waals surface area contributed by atoms with Crippen LogP contribution in [0.15, 0.2) is 54.6 Å². The quantitative estimate of drug-likeness (QED) is 0.921. The average Bonchev–Trinajstić information content (AvgIpc) is 2.62. The van der Waals surface area contributed by atoms with Crippen LogP contribution in [0, 0.1) is 0 Å². The zero-order valence-electron chi connectivity index (χ0n) is 13.4. The number of hydrogen-bond donors (Lipinski definition) is 1. The number of ether oxygens (including phenoxy) is 2. The SMILES string of the molecule is COc1cccc(CN2CCO[C@H](CO)[C@H]2c2ccccc2)c1. The van der Waals surface area contributed by atoms with Gasteiger partial charge in [-0.05, 0) is 23.3 Å². The first-order valence-corrected chi connectivity index (χ1v) is 7.96. The highest BCUT2D eigenvalue weighted by Gasteiger charge is 2.33. The van der Waals surface area contributed by atoms with Gasteiger partial charge in [-0.2, -0.15) is 0 Å². The van der Waals surface area contributed by atoms with Gasteiger partial charge >= 0.3 is 0 Å². The molecule has 0 saturated carbocycles. The van der Waals surface area contributed by atoms with Crippen LogP contribution in [0.4, 0.5) is 0 Å². The van der Waals surface area contributed by atoms with E-state index in [1.54, 1.807) is 7.11 Å². The highest BCUT2D eigenvalue weighted by Crippen LogP contribution is 2.31. The summed E-state index contributed by atoms with van der Waals surface area (Å²) in [5, 5.41) is 9.72. The lowest BCUT2D eigenvalue weighted by Gasteiger charge is -2.41. The van der Waals surface area contributed by atoms with Gasteiger partial charge in [-0.1, -0.05) is 42.5 Å². The predicted octanol–water partition coefficient (Wildman–Crippen LogP) is 2.63. The molecule has 2 aromatic carbocycles. The van der Waals surface area contributed by atoms with Crippen LogP contribution in [0.5, 0.6) is 5.75 Å². The lowest BCUT2D eigenvalue weighted by atomic mass is 9.97. The third kappa shape index (κ3) is 3.72. The van der Waals surface area contributed by atoms with E-state index >= 15 is 0 Å². The summed E-state index contributed by atoms with van der Waals surface area (Å²) in [6.45, 7) is 2.30. The van der Waals surface area contributed by atoms with Gasteiger partial charge in [-0.15, -0.1) is 0 Å². The summed E-state index contributed by atoms with van der Waals surface area (Å²) in [6, 6.07) is 18.4. The van der Waals surface area contributed by atoms with Gasteiger partial charge in [-0.25, -0.2) is 0 Å². The van der Waals surface area contributed by atoms with E-state index in [4.69, 9.17) is 9.47 Å². The largest absolute Gasteiger partial charge is 0.497 e. The molecular weight excluding hydrogens is 290 g/mol. The van der Waals surface area contributed by atoms with Crippen molar-refractivity contribution in [2.45, 2.75) is 18.7 Å². The van der Waals surface area contributed by atoms with Crippen molar-refractivity contribution >= 4 is 0 Å². The van der Waals surface area contributed by atoms with E-state index in [2.05, 4.69) is 29.2 Å². The second-order valence-electron chi connectivity index (χ2n) is 5.77. The van der Waals surface area contributed by atoms with Gasteiger partial charge in [0, 0.05) is 13.1 Å². The molecule has 1 heterocycles. The maximum Gasteiger partial charge on any atom is 0.119 e. The Bertz CT molecular complexity index is 617. The molecule has 0 aliphatic carbocycles. The van der Waals surface area contributed by atoms with Gasteiger partial charge in [0.25, 0.3) is 0 Å². The third-order valence-electron chi connectivity index (χ3n) is 4.30. The van der Waals surface area contributed by atoms with Crippen molar-refractivity contribution in [3.8, 4) is 5.75 Å². The molecule has 2 atom stereocenters. The Labute approximate surface area is 137 Å². The first-order valence-electron chi connectivity index (χ1n) is 7.96. The summed E-state index contributed by atoms with van der Waals surface area (Å²) in [5.74, 6) is 0.866. The first kappa shape index (κ1) is 16.0. The molecule has 4 heteroatoms. The molecule has 1 aliphatic heterocycles. The molecule has 1 N–H and O–H groups in total. The van der Waals surface area contributed by atoms with Crippen LogP contribution in [0.1, 0.15) is 17.2 Å². The summed E-state index contributed by atoms with van der Waals surface area (Å²) in [6.07, 6.45) is -0.197. The smallest absolute Gasteiger partial charge is 0.119 e. The number of hydrogen-bond acceptors (Lipinski definition) is 4. The topological polar surface area (TPSA) is 41.9 Å². The first-order chi connectivity index (χ1) is 11.3. The van der Waals surface area contributed by atoms with Gasteiger partial charge in [0.2, 0.25) is 0 Å². The van der Waals surface area contributed by atoms with E-state index in [-0.39, 0.29) is 18.8 Å². The van der Waals surface area contributed by atoms with Crippen molar-refractivity contribution in [2.24, 2.45) is 0 Å². The summed E-state index contributed by atoms with van der Waals surface area (Å²) in [4.78, 5) is 2.37. The molecule has 0 unspecified atom stereocenters. The number of methoxy groups -OCH3 is 1. The van der Waals surface area contributed by atoms with E-state index in [0.29, 0.717) is 6.61 Å². The van der Waals surface area contributed by atoms with Crippen molar-refractivity contribution in [3.63, 3.8) is 0 Å². The Morgan fingerprint density at radius 1 is 1.17 bits per heavy atom. The van der Waals surface area contributed by atoms with Gasteiger partial charge in [-0.3, -0.25) is 4.90 Å². The van der Waals surface area contributed by atoms with Crippen molar-refractivity contribution < 1.29 is 14.6 Å². The average molecular weight is 313 g/mol. The molecule has 122 valence electrons. The second kappa shape index (κ2) is 7.59. The summed E-state index contributed by atoms with van der Waals surface area (Å²) < 4.78 is 11.1. The normalized spacial score (nSPS) is 22.0. The summed E-state index contributed by atoms with van der Waals surface area (Å²) in [7, 11) is 1.68. The highest BCUT2D eigenvalue weighted by molar-refractivity contribution is 5.29. The minimum atomic E-state index is -0.197. The van der Waals surface area contributed by atoms with Crippen LogP contribution in [0.25, 0.3) is 0 Å². The maximum atomic E-state index is 9.72. The lowest BCUT2D eigenvalue weighted by Crippen LogP contribution is -2.46. The number of benzene rings is 2. The zero-order valence-corrected chi connectivity index (χ0v) is 13.4. The number of morpholine rings is 1. The van der Waals surface area contributed by atoms with Crippen molar-refractivity contribution in [1.82, 2.24) is 4.90 Å². The molecule has 0 aromatic heterocycles. The van der Waals surface area contributed by atoms with E-state index < -0.39 is 0 Å². The fourth-order valence-electron chi connectivity index (χ4n) is 3.20. The maximum absolute atomic E-state index is 9.72. The Kier molecular flexibility index (Phi) is 5.28. The Morgan fingerprint density at radius 2 is 2.00 bits per heavy atom. The second-order valence-corrected chi connectivity index (χ2v) is 5.77. The number of aliphatic hydroxyl groups excluding tert-OH is 1. The molecule has 1 saturated heterocycles. The van der Waals surface area contributed by atoms with Crippen molar-refractivity contribution in [1.29, 1.82) is 0 Å². The summed E-state index contributed by atoms with van der Waals surface area (Å²) in [5.41, 5.74) is 2.37. The van der Waals surface area contributed by atoms with Crippen LogP contribution in [0.3, 0.4) is 0 Å². The van der Waals surface area contributed by atoms with Crippen molar-refractivity contribution in [3.05, 3.63) is 65.7 Å². The van der Waals surface area contributed by atoms with Crippen LogP contribution in [-0.2, 0) is 11.3 Å². The van der Waals surface area contributed by atoms with Gasteiger partial charge in [0.1, 0.15) is 11.9 Å². The monoisotopic (exact) mass is 313 g/mol.